The highest BCUT2D eigenvalue weighted by Crippen LogP contribution is 2.35. The van der Waals surface area contributed by atoms with Crippen LogP contribution in [0, 0.1) is 13.8 Å². The van der Waals surface area contributed by atoms with Crippen LogP contribution in [0.25, 0.3) is 0 Å². The number of aliphatic imine (C=N–C) groups is 1. The Labute approximate surface area is 137 Å². The number of anilines is 2. The van der Waals surface area contributed by atoms with Gasteiger partial charge in [0.05, 0.1) is 22.7 Å². The molecule has 0 aliphatic carbocycles. The van der Waals surface area contributed by atoms with Crippen LogP contribution in [0.5, 0.6) is 0 Å². The molecule has 3 nitrogen and oxygen atoms in total. The smallest absolute Gasteiger partial charge is 0.0910 e. The lowest BCUT2D eigenvalue weighted by Crippen LogP contribution is -2.14. The molecule has 2 aromatic carbocycles. The van der Waals surface area contributed by atoms with Gasteiger partial charge in [-0.3, -0.25) is 0 Å². The highest BCUT2D eigenvalue weighted by Gasteiger charge is 2.07. The van der Waals surface area contributed by atoms with Crippen LogP contribution < -0.4 is 5.32 Å². The van der Waals surface area contributed by atoms with Gasteiger partial charge in [-0.05, 0) is 50.6 Å². The third-order valence-electron chi connectivity index (χ3n) is 3.42. The Balaban J connectivity index is 2.30. The zero-order chi connectivity index (χ0) is 16.1. The fourth-order valence-electron chi connectivity index (χ4n) is 1.97. The first-order chi connectivity index (χ1) is 10.5. The molecule has 1 N–H and O–H groups in total. The molecule has 0 aliphatic heterocycles. The first-order valence-corrected chi connectivity index (χ1v) is 7.75. The molecule has 0 heterocycles. The van der Waals surface area contributed by atoms with Crippen molar-refractivity contribution in [2.45, 2.75) is 20.8 Å². The maximum absolute atomic E-state index is 6.49. The molecule has 0 spiro atoms. The van der Waals surface area contributed by atoms with E-state index >= 15 is 0 Å². The summed E-state index contributed by atoms with van der Waals surface area (Å²) in [6, 6.07) is 12.2. The maximum Gasteiger partial charge on any atom is 0.0910 e. The Bertz CT molecular complexity index is 663. The summed E-state index contributed by atoms with van der Waals surface area (Å²) in [7, 11) is 1.98. The summed E-state index contributed by atoms with van der Waals surface area (Å²) in [6.45, 7) is 7.09. The van der Waals surface area contributed by atoms with Gasteiger partial charge in [-0.2, -0.15) is 0 Å². The van der Waals surface area contributed by atoms with Gasteiger partial charge in [0.1, 0.15) is 0 Å². The largest absolute Gasteiger partial charge is 0.366 e. The lowest BCUT2D eigenvalue weighted by molar-refractivity contribution is 0.552. The van der Waals surface area contributed by atoms with Gasteiger partial charge in [-0.25, -0.2) is 4.99 Å². The van der Waals surface area contributed by atoms with E-state index in [-0.39, 0.29) is 0 Å². The zero-order valence-corrected chi connectivity index (χ0v) is 14.3. The van der Waals surface area contributed by atoms with Crippen molar-refractivity contribution in [3.8, 4) is 0 Å². The van der Waals surface area contributed by atoms with E-state index in [9.17, 15) is 0 Å². The van der Waals surface area contributed by atoms with Gasteiger partial charge in [-0.1, -0.05) is 29.3 Å². The van der Waals surface area contributed by atoms with Crippen molar-refractivity contribution in [1.29, 1.82) is 0 Å². The number of hydrogen-bond donors (Lipinski definition) is 1. The van der Waals surface area contributed by atoms with Crippen LogP contribution in [0.15, 0.2) is 41.4 Å². The Kier molecular flexibility index (Phi) is 5.45. The van der Waals surface area contributed by atoms with E-state index in [1.54, 1.807) is 6.34 Å². The highest BCUT2D eigenvalue weighted by atomic mass is 35.5. The standard InChI is InChI=1S/C18H22ClN3/c1-5-22(4)12-20-16-10-14(3)11-17(18(16)19)21-15-8-6-13(2)7-9-15/h6-12,21H,5H2,1-4H3. The van der Waals surface area contributed by atoms with E-state index in [2.05, 4.69) is 36.3 Å². The molecule has 2 rings (SSSR count). The van der Waals surface area contributed by atoms with Crippen molar-refractivity contribution in [3.63, 3.8) is 0 Å². The summed E-state index contributed by atoms with van der Waals surface area (Å²) in [4.78, 5) is 6.49. The highest BCUT2D eigenvalue weighted by molar-refractivity contribution is 6.36. The molecule has 0 radical (unpaired) electrons. The van der Waals surface area contributed by atoms with E-state index in [0.717, 1.165) is 29.2 Å². The van der Waals surface area contributed by atoms with E-state index in [0.29, 0.717) is 5.02 Å². The molecule has 0 fully saturated rings. The average molecular weight is 316 g/mol. The van der Waals surface area contributed by atoms with Gasteiger partial charge in [0.2, 0.25) is 0 Å². The van der Waals surface area contributed by atoms with Crippen LogP contribution in [-0.2, 0) is 0 Å². The maximum atomic E-state index is 6.49. The van der Waals surface area contributed by atoms with Crippen molar-refractivity contribution in [1.82, 2.24) is 4.90 Å². The summed E-state index contributed by atoms with van der Waals surface area (Å²) in [6.07, 6.45) is 1.80. The molecule has 2 aromatic rings. The Morgan fingerprint density at radius 1 is 1.14 bits per heavy atom. The van der Waals surface area contributed by atoms with Gasteiger partial charge in [0, 0.05) is 19.3 Å². The van der Waals surface area contributed by atoms with Crippen LogP contribution in [0.2, 0.25) is 5.02 Å². The second kappa shape index (κ2) is 7.32. The lowest BCUT2D eigenvalue weighted by atomic mass is 10.1. The van der Waals surface area contributed by atoms with Gasteiger partial charge >= 0.3 is 0 Å². The molecular formula is C18H22ClN3. The second-order valence-corrected chi connectivity index (χ2v) is 5.83. The number of nitrogens with zero attached hydrogens (tertiary/aromatic N) is 2. The summed E-state index contributed by atoms with van der Waals surface area (Å²) < 4.78 is 0. The van der Waals surface area contributed by atoms with Crippen LogP contribution in [0.1, 0.15) is 18.1 Å². The van der Waals surface area contributed by atoms with Crippen molar-refractivity contribution in [2.24, 2.45) is 4.99 Å². The van der Waals surface area contributed by atoms with Crippen LogP contribution >= 0.6 is 11.6 Å². The van der Waals surface area contributed by atoms with Gasteiger partial charge < -0.3 is 10.2 Å². The topological polar surface area (TPSA) is 27.6 Å². The first kappa shape index (κ1) is 16.4. The van der Waals surface area contributed by atoms with Crippen molar-refractivity contribution < 1.29 is 0 Å². The van der Waals surface area contributed by atoms with Crippen molar-refractivity contribution >= 4 is 35.0 Å². The minimum Gasteiger partial charge on any atom is -0.366 e. The molecule has 116 valence electrons. The number of halogens is 1. The Morgan fingerprint density at radius 3 is 2.45 bits per heavy atom. The molecule has 0 aliphatic rings. The number of hydrogen-bond acceptors (Lipinski definition) is 2. The van der Waals surface area contributed by atoms with E-state index in [4.69, 9.17) is 11.6 Å². The first-order valence-electron chi connectivity index (χ1n) is 7.38. The number of benzene rings is 2. The summed E-state index contributed by atoms with van der Waals surface area (Å²) in [5.74, 6) is 0. The summed E-state index contributed by atoms with van der Waals surface area (Å²) in [5.41, 5.74) is 5.01. The van der Waals surface area contributed by atoms with E-state index in [1.165, 1.54) is 5.56 Å². The predicted octanol–water partition coefficient (Wildman–Crippen LogP) is 5.31. The zero-order valence-electron chi connectivity index (χ0n) is 13.5. The molecular weight excluding hydrogens is 294 g/mol. The second-order valence-electron chi connectivity index (χ2n) is 5.45. The fourth-order valence-corrected chi connectivity index (χ4v) is 2.17. The normalized spacial score (nSPS) is 11.0. The number of nitrogens with one attached hydrogen (secondary N) is 1. The van der Waals surface area contributed by atoms with E-state index in [1.807, 2.05) is 43.1 Å². The SMILES string of the molecule is CCN(C)C=Nc1cc(C)cc(Nc2ccc(C)cc2)c1Cl. The molecule has 4 heteroatoms. The number of rotatable bonds is 5. The molecule has 0 atom stereocenters. The minimum atomic E-state index is 0.631. The third-order valence-corrected chi connectivity index (χ3v) is 3.82. The Morgan fingerprint density at radius 2 is 1.82 bits per heavy atom. The summed E-state index contributed by atoms with van der Waals surface area (Å²) >= 11 is 6.49. The quantitative estimate of drug-likeness (QED) is 0.598. The van der Waals surface area contributed by atoms with Crippen LogP contribution in [0.3, 0.4) is 0 Å². The molecule has 0 bridgehead atoms. The van der Waals surface area contributed by atoms with Crippen molar-refractivity contribution in [3.05, 3.63) is 52.5 Å². The molecule has 0 saturated heterocycles. The summed E-state index contributed by atoms with van der Waals surface area (Å²) in [5, 5.41) is 3.99. The lowest BCUT2D eigenvalue weighted by Gasteiger charge is -2.13. The average Bonchev–Trinajstić information content (AvgIpc) is 2.50. The minimum absolute atomic E-state index is 0.631. The molecule has 0 saturated carbocycles. The predicted molar refractivity (Wildman–Crippen MR) is 97.1 cm³/mol. The molecule has 0 unspecified atom stereocenters. The van der Waals surface area contributed by atoms with Gasteiger partial charge in [0.15, 0.2) is 0 Å². The van der Waals surface area contributed by atoms with Crippen LogP contribution in [0.4, 0.5) is 17.1 Å². The van der Waals surface area contributed by atoms with Crippen molar-refractivity contribution in [2.75, 3.05) is 18.9 Å². The molecule has 0 aromatic heterocycles. The molecule has 0 amide bonds. The monoisotopic (exact) mass is 315 g/mol. The van der Waals surface area contributed by atoms with E-state index < -0.39 is 0 Å². The Hall–Kier alpha value is -2.00. The number of aryl methyl sites for hydroxylation is 2. The fraction of sp³-hybridized carbons (Fsp3) is 0.278. The third kappa shape index (κ3) is 4.25. The van der Waals surface area contributed by atoms with Gasteiger partial charge in [0.25, 0.3) is 0 Å². The van der Waals surface area contributed by atoms with Crippen LogP contribution in [-0.4, -0.2) is 24.8 Å². The van der Waals surface area contributed by atoms with Gasteiger partial charge in [-0.15, -0.1) is 0 Å². The molecule has 22 heavy (non-hydrogen) atoms.